The van der Waals surface area contributed by atoms with E-state index in [1.807, 2.05) is 58.0 Å². The van der Waals surface area contributed by atoms with Gasteiger partial charge in [0.15, 0.2) is 0 Å². The molecule has 0 saturated carbocycles. The lowest BCUT2D eigenvalue weighted by Crippen LogP contribution is -2.34. The monoisotopic (exact) mass is 420 g/mol. The van der Waals surface area contributed by atoms with E-state index in [9.17, 15) is 8.42 Å². The molecule has 2 aromatic rings. The Morgan fingerprint density at radius 3 is 2.31 bits per heavy atom. The van der Waals surface area contributed by atoms with Crippen molar-refractivity contribution in [1.82, 2.24) is 19.4 Å². The molecule has 0 aliphatic heterocycles. The Morgan fingerprint density at radius 1 is 1.14 bits per heavy atom. The van der Waals surface area contributed by atoms with Crippen LogP contribution in [0.3, 0.4) is 0 Å². The van der Waals surface area contributed by atoms with E-state index in [0.29, 0.717) is 5.69 Å². The van der Waals surface area contributed by atoms with Crippen LogP contribution in [0.5, 0.6) is 0 Å². The normalized spacial score (nSPS) is 13.8. The molecular formula is C22H36N4O2S. The zero-order valence-corrected chi connectivity index (χ0v) is 19.5. The van der Waals surface area contributed by atoms with Gasteiger partial charge in [-0.15, -0.1) is 0 Å². The van der Waals surface area contributed by atoms with E-state index in [0.717, 1.165) is 38.2 Å². The molecule has 1 aromatic heterocycles. The molecule has 1 N–H and O–H groups in total. The molecule has 0 radical (unpaired) electrons. The zero-order valence-electron chi connectivity index (χ0n) is 18.6. The number of hydrogen-bond donors (Lipinski definition) is 1. The molecule has 0 amide bonds. The minimum atomic E-state index is -3.67. The summed E-state index contributed by atoms with van der Waals surface area (Å²) < 4.78 is 30.9. The summed E-state index contributed by atoms with van der Waals surface area (Å²) in [6.07, 6.45) is 3.38. The van der Waals surface area contributed by atoms with E-state index < -0.39 is 15.4 Å². The number of aromatic nitrogens is 2. The van der Waals surface area contributed by atoms with Gasteiger partial charge < -0.3 is 4.90 Å². The fourth-order valence-corrected chi connectivity index (χ4v) is 4.95. The minimum absolute atomic E-state index is 0.136. The summed E-state index contributed by atoms with van der Waals surface area (Å²) in [6.45, 7) is 15.2. The van der Waals surface area contributed by atoms with E-state index in [1.54, 1.807) is 10.9 Å². The first-order valence-electron chi connectivity index (χ1n) is 10.5. The van der Waals surface area contributed by atoms with Crippen molar-refractivity contribution < 1.29 is 8.42 Å². The topological polar surface area (TPSA) is 67.2 Å². The van der Waals surface area contributed by atoms with Crippen LogP contribution in [0, 0.1) is 0 Å². The molecule has 2 rings (SSSR count). The molecule has 1 unspecified atom stereocenters. The lowest BCUT2D eigenvalue weighted by Gasteiger charge is -2.21. The maximum absolute atomic E-state index is 13.2. The number of para-hydroxylation sites is 1. The Balaban J connectivity index is 2.21. The SMILES string of the molecule is CCN(CC)CCCC(C)NS(=O)(=O)c1cn(-c2ccccc2)nc1C(C)(C)C. The third-order valence-electron chi connectivity index (χ3n) is 5.06. The molecule has 0 bridgehead atoms. The highest BCUT2D eigenvalue weighted by Crippen LogP contribution is 2.29. The zero-order chi connectivity index (χ0) is 21.7. The van der Waals surface area contributed by atoms with Gasteiger partial charge >= 0.3 is 0 Å². The minimum Gasteiger partial charge on any atom is -0.304 e. The van der Waals surface area contributed by atoms with Crippen molar-refractivity contribution in [3.8, 4) is 5.69 Å². The van der Waals surface area contributed by atoms with E-state index in [4.69, 9.17) is 0 Å². The van der Waals surface area contributed by atoms with Crippen LogP contribution in [0.15, 0.2) is 41.4 Å². The standard InChI is InChI=1S/C22H36N4O2S/c1-7-25(8-2)16-12-13-18(3)24-29(27,28)20-17-26(19-14-10-9-11-15-19)23-21(20)22(4,5)6/h9-11,14-15,17-18,24H,7-8,12-13,16H2,1-6H3. The Kier molecular flexibility index (Phi) is 8.02. The maximum atomic E-state index is 13.2. The van der Waals surface area contributed by atoms with Gasteiger partial charge in [-0.05, 0) is 51.5 Å². The number of hydrogen-bond acceptors (Lipinski definition) is 4. The van der Waals surface area contributed by atoms with Crippen LogP contribution in [0.1, 0.15) is 60.1 Å². The summed E-state index contributed by atoms with van der Waals surface area (Å²) in [6, 6.07) is 9.45. The highest BCUT2D eigenvalue weighted by atomic mass is 32.2. The summed E-state index contributed by atoms with van der Waals surface area (Å²) in [7, 11) is -3.67. The first-order chi connectivity index (χ1) is 13.6. The molecule has 6 nitrogen and oxygen atoms in total. The largest absolute Gasteiger partial charge is 0.304 e. The molecule has 29 heavy (non-hydrogen) atoms. The molecule has 0 saturated heterocycles. The van der Waals surface area contributed by atoms with Crippen LogP contribution < -0.4 is 4.72 Å². The molecule has 0 spiro atoms. The first kappa shape index (κ1) is 23.6. The predicted molar refractivity (Wildman–Crippen MR) is 119 cm³/mol. The van der Waals surface area contributed by atoms with Gasteiger partial charge in [0.1, 0.15) is 4.90 Å². The van der Waals surface area contributed by atoms with Crippen LogP contribution in [0.2, 0.25) is 0 Å². The Bertz CT molecular complexity index is 866. The third kappa shape index (κ3) is 6.39. The quantitative estimate of drug-likeness (QED) is 0.632. The molecular weight excluding hydrogens is 384 g/mol. The Hall–Kier alpha value is -1.70. The fraction of sp³-hybridized carbons (Fsp3) is 0.591. The summed E-state index contributed by atoms with van der Waals surface area (Å²) in [5, 5.41) is 4.62. The summed E-state index contributed by atoms with van der Waals surface area (Å²) in [4.78, 5) is 2.60. The lowest BCUT2D eigenvalue weighted by atomic mass is 9.92. The van der Waals surface area contributed by atoms with E-state index in [1.165, 1.54) is 0 Å². The Morgan fingerprint density at radius 2 is 1.76 bits per heavy atom. The van der Waals surface area contributed by atoms with Gasteiger partial charge in [-0.2, -0.15) is 5.10 Å². The number of nitrogens with one attached hydrogen (secondary N) is 1. The number of rotatable bonds is 10. The fourth-order valence-electron chi connectivity index (χ4n) is 3.34. The maximum Gasteiger partial charge on any atom is 0.244 e. The van der Waals surface area contributed by atoms with Crippen molar-refractivity contribution in [2.45, 2.75) is 70.7 Å². The van der Waals surface area contributed by atoms with Gasteiger partial charge in [0.05, 0.1) is 17.6 Å². The second kappa shape index (κ2) is 9.87. The molecule has 1 aromatic carbocycles. The smallest absolute Gasteiger partial charge is 0.244 e. The lowest BCUT2D eigenvalue weighted by molar-refractivity contribution is 0.293. The molecule has 0 aliphatic carbocycles. The summed E-state index contributed by atoms with van der Waals surface area (Å²) in [5.41, 5.74) is 1.02. The van der Waals surface area contributed by atoms with Crippen LogP contribution >= 0.6 is 0 Å². The van der Waals surface area contributed by atoms with Gasteiger partial charge in [-0.3, -0.25) is 0 Å². The van der Waals surface area contributed by atoms with E-state index >= 15 is 0 Å². The average molecular weight is 421 g/mol. The number of benzene rings is 1. The van der Waals surface area contributed by atoms with Crippen molar-refractivity contribution in [2.75, 3.05) is 19.6 Å². The van der Waals surface area contributed by atoms with Gasteiger partial charge in [0, 0.05) is 11.5 Å². The molecule has 1 heterocycles. The van der Waals surface area contributed by atoms with Crippen molar-refractivity contribution in [2.24, 2.45) is 0 Å². The molecule has 0 fully saturated rings. The number of sulfonamides is 1. The summed E-state index contributed by atoms with van der Waals surface area (Å²) >= 11 is 0. The molecule has 162 valence electrons. The van der Waals surface area contributed by atoms with Crippen molar-refractivity contribution in [1.29, 1.82) is 0 Å². The van der Waals surface area contributed by atoms with Gasteiger partial charge in [-0.25, -0.2) is 17.8 Å². The Labute approximate surface area is 176 Å². The molecule has 1 atom stereocenters. The second-order valence-corrected chi connectivity index (χ2v) is 10.2. The van der Waals surface area contributed by atoms with Crippen LogP contribution in [-0.4, -0.2) is 48.8 Å². The predicted octanol–water partition coefficient (Wildman–Crippen LogP) is 3.96. The van der Waals surface area contributed by atoms with Crippen molar-refractivity contribution in [3.63, 3.8) is 0 Å². The van der Waals surface area contributed by atoms with E-state index in [-0.39, 0.29) is 10.9 Å². The van der Waals surface area contributed by atoms with Gasteiger partial charge in [-0.1, -0.05) is 52.8 Å². The highest BCUT2D eigenvalue weighted by molar-refractivity contribution is 7.89. The average Bonchev–Trinajstić information content (AvgIpc) is 3.13. The van der Waals surface area contributed by atoms with Gasteiger partial charge in [0.2, 0.25) is 10.0 Å². The van der Waals surface area contributed by atoms with Crippen molar-refractivity contribution in [3.05, 3.63) is 42.2 Å². The highest BCUT2D eigenvalue weighted by Gasteiger charge is 2.31. The first-order valence-corrected chi connectivity index (χ1v) is 12.0. The van der Waals surface area contributed by atoms with Crippen LogP contribution in [0.4, 0.5) is 0 Å². The second-order valence-electron chi connectivity index (χ2n) is 8.56. The van der Waals surface area contributed by atoms with Crippen molar-refractivity contribution >= 4 is 10.0 Å². The van der Waals surface area contributed by atoms with Crippen LogP contribution in [-0.2, 0) is 15.4 Å². The number of nitrogens with zero attached hydrogens (tertiary/aromatic N) is 3. The summed E-state index contributed by atoms with van der Waals surface area (Å²) in [5.74, 6) is 0. The van der Waals surface area contributed by atoms with E-state index in [2.05, 4.69) is 28.6 Å². The molecule has 0 aliphatic rings. The van der Waals surface area contributed by atoms with Crippen LogP contribution in [0.25, 0.3) is 5.69 Å². The molecule has 7 heteroatoms. The van der Waals surface area contributed by atoms with Gasteiger partial charge in [0.25, 0.3) is 0 Å². The third-order valence-corrected chi connectivity index (χ3v) is 6.65.